The highest BCUT2D eigenvalue weighted by atomic mass is 79.9. The monoisotopic (exact) mass is 327 g/mol. The maximum atomic E-state index is 12.5. The number of nitrogens with zero attached hydrogens (tertiary/aromatic N) is 1. The van der Waals surface area contributed by atoms with E-state index < -0.39 is 0 Å². The quantitative estimate of drug-likeness (QED) is 0.903. The van der Waals surface area contributed by atoms with Gasteiger partial charge in [-0.1, -0.05) is 15.9 Å². The van der Waals surface area contributed by atoms with Crippen LogP contribution < -0.4 is 0 Å². The van der Waals surface area contributed by atoms with Crippen molar-refractivity contribution in [1.29, 1.82) is 0 Å². The van der Waals surface area contributed by atoms with Crippen LogP contribution in [0.2, 0.25) is 0 Å². The van der Waals surface area contributed by atoms with Gasteiger partial charge in [0.05, 0.1) is 25.4 Å². The zero-order valence-electron chi connectivity index (χ0n) is 11.1. The van der Waals surface area contributed by atoms with Crippen molar-refractivity contribution in [3.63, 3.8) is 0 Å². The summed E-state index contributed by atoms with van der Waals surface area (Å²) < 4.78 is 6.35. The molecule has 2 rings (SSSR count). The third-order valence-electron chi connectivity index (χ3n) is 3.26. The molecule has 0 bridgehead atoms. The van der Waals surface area contributed by atoms with Gasteiger partial charge in [0.25, 0.3) is 5.91 Å². The van der Waals surface area contributed by atoms with Crippen LogP contribution >= 0.6 is 15.9 Å². The zero-order valence-corrected chi connectivity index (χ0v) is 12.7. The Labute approximate surface area is 121 Å². The Kier molecular flexibility index (Phi) is 4.60. The molecule has 104 valence electrons. The van der Waals surface area contributed by atoms with Gasteiger partial charge in [-0.15, -0.1) is 0 Å². The predicted octanol–water partition coefficient (Wildman–Crippen LogP) is 1.98. The minimum atomic E-state index is -0.284. The van der Waals surface area contributed by atoms with Gasteiger partial charge in [-0.2, -0.15) is 0 Å². The Hall–Kier alpha value is -0.910. The fourth-order valence-electron chi connectivity index (χ4n) is 2.24. The van der Waals surface area contributed by atoms with Crippen LogP contribution in [0.1, 0.15) is 22.8 Å². The molecule has 1 aliphatic heterocycles. The summed E-state index contributed by atoms with van der Waals surface area (Å²) in [5.41, 5.74) is 1.70. The van der Waals surface area contributed by atoms with E-state index in [4.69, 9.17) is 9.84 Å². The lowest BCUT2D eigenvalue weighted by Crippen LogP contribution is -2.52. The number of morpholine rings is 1. The van der Waals surface area contributed by atoms with E-state index in [1.54, 1.807) is 4.90 Å². The summed E-state index contributed by atoms with van der Waals surface area (Å²) in [6, 6.07) is 5.69. The van der Waals surface area contributed by atoms with Gasteiger partial charge in [-0.25, -0.2) is 0 Å². The van der Waals surface area contributed by atoms with Crippen molar-refractivity contribution in [1.82, 2.24) is 4.90 Å². The van der Waals surface area contributed by atoms with Crippen molar-refractivity contribution in [3.05, 3.63) is 33.8 Å². The van der Waals surface area contributed by atoms with Crippen LogP contribution in [-0.2, 0) is 4.74 Å². The molecule has 19 heavy (non-hydrogen) atoms. The van der Waals surface area contributed by atoms with Crippen LogP contribution in [0.3, 0.4) is 0 Å². The molecule has 1 amide bonds. The molecule has 0 aliphatic carbocycles. The van der Waals surface area contributed by atoms with Crippen molar-refractivity contribution in [2.75, 3.05) is 19.8 Å². The highest BCUT2D eigenvalue weighted by Crippen LogP contribution is 2.20. The Morgan fingerprint density at radius 3 is 2.89 bits per heavy atom. The molecule has 0 saturated carbocycles. The first-order valence-electron chi connectivity index (χ1n) is 6.32. The summed E-state index contributed by atoms with van der Waals surface area (Å²) in [4.78, 5) is 14.3. The number of rotatable bonds is 2. The smallest absolute Gasteiger partial charge is 0.254 e. The molecule has 0 unspecified atom stereocenters. The van der Waals surface area contributed by atoms with Crippen LogP contribution in [0.5, 0.6) is 0 Å². The molecule has 5 heteroatoms. The first-order valence-corrected chi connectivity index (χ1v) is 7.11. The third kappa shape index (κ3) is 3.35. The van der Waals surface area contributed by atoms with Crippen molar-refractivity contribution in [3.8, 4) is 0 Å². The third-order valence-corrected chi connectivity index (χ3v) is 3.72. The van der Waals surface area contributed by atoms with Crippen LogP contribution in [0, 0.1) is 6.92 Å². The van der Waals surface area contributed by atoms with Gasteiger partial charge in [0.2, 0.25) is 0 Å². The Morgan fingerprint density at radius 2 is 2.26 bits per heavy atom. The lowest BCUT2D eigenvalue weighted by Gasteiger charge is -2.37. The number of aryl methyl sites for hydroxylation is 1. The van der Waals surface area contributed by atoms with Crippen molar-refractivity contribution in [2.24, 2.45) is 0 Å². The van der Waals surface area contributed by atoms with E-state index in [9.17, 15) is 4.79 Å². The molecule has 1 aromatic carbocycles. The number of benzene rings is 1. The van der Waals surface area contributed by atoms with E-state index in [2.05, 4.69) is 15.9 Å². The van der Waals surface area contributed by atoms with Crippen LogP contribution in [0.15, 0.2) is 22.7 Å². The average molecular weight is 328 g/mol. The van der Waals surface area contributed by atoms with E-state index in [0.717, 1.165) is 10.0 Å². The summed E-state index contributed by atoms with van der Waals surface area (Å²) in [6.45, 7) is 4.75. The fourth-order valence-corrected chi connectivity index (χ4v) is 2.84. The van der Waals surface area contributed by atoms with Gasteiger partial charge >= 0.3 is 0 Å². The highest BCUT2D eigenvalue weighted by Gasteiger charge is 2.30. The second-order valence-corrected chi connectivity index (χ2v) is 5.88. The Morgan fingerprint density at radius 1 is 1.53 bits per heavy atom. The lowest BCUT2D eigenvalue weighted by atomic mass is 10.1. The second kappa shape index (κ2) is 6.03. The number of halogens is 1. The topological polar surface area (TPSA) is 49.8 Å². The second-order valence-electron chi connectivity index (χ2n) is 4.96. The number of amides is 1. The van der Waals surface area contributed by atoms with Crippen molar-refractivity contribution < 1.29 is 14.6 Å². The minimum Gasteiger partial charge on any atom is -0.394 e. The molecule has 1 aromatic rings. The lowest BCUT2D eigenvalue weighted by molar-refractivity contribution is -0.0667. The maximum Gasteiger partial charge on any atom is 0.254 e. The molecule has 2 atom stereocenters. The van der Waals surface area contributed by atoms with Crippen molar-refractivity contribution in [2.45, 2.75) is 26.0 Å². The van der Waals surface area contributed by atoms with E-state index in [-0.39, 0.29) is 24.7 Å². The molecular weight excluding hydrogens is 310 g/mol. The van der Waals surface area contributed by atoms with Crippen LogP contribution in [0.25, 0.3) is 0 Å². The SMILES string of the molecule is Cc1cc(Br)cc(C(=O)N2C[C@@H](CO)OC[C@H]2C)c1. The van der Waals surface area contributed by atoms with E-state index in [0.29, 0.717) is 18.7 Å². The van der Waals surface area contributed by atoms with E-state index >= 15 is 0 Å². The molecule has 0 spiro atoms. The molecule has 1 N–H and O–H groups in total. The van der Waals surface area contributed by atoms with E-state index in [1.165, 1.54) is 0 Å². The molecule has 1 heterocycles. The summed E-state index contributed by atoms with van der Waals surface area (Å²) in [6.07, 6.45) is -0.284. The Balaban J connectivity index is 2.21. The standard InChI is InChI=1S/C14H18BrNO3/c1-9-3-11(5-12(15)4-9)14(18)16-6-13(7-17)19-8-10(16)2/h3-5,10,13,17H,6-8H2,1-2H3/t10-,13+/m1/s1. The number of hydrogen-bond donors (Lipinski definition) is 1. The average Bonchev–Trinajstić information content (AvgIpc) is 2.37. The van der Waals surface area contributed by atoms with E-state index in [1.807, 2.05) is 32.0 Å². The highest BCUT2D eigenvalue weighted by molar-refractivity contribution is 9.10. The number of aliphatic hydroxyl groups is 1. The van der Waals surface area contributed by atoms with Gasteiger partial charge in [0, 0.05) is 16.6 Å². The van der Waals surface area contributed by atoms with Crippen LogP contribution in [-0.4, -0.2) is 47.8 Å². The predicted molar refractivity (Wildman–Crippen MR) is 76.2 cm³/mol. The van der Waals surface area contributed by atoms with Crippen LogP contribution in [0.4, 0.5) is 0 Å². The van der Waals surface area contributed by atoms with Gasteiger partial charge in [-0.3, -0.25) is 4.79 Å². The number of aliphatic hydroxyl groups excluding tert-OH is 1. The van der Waals surface area contributed by atoms with Gasteiger partial charge in [0.15, 0.2) is 0 Å². The number of carbonyl (C=O) groups excluding carboxylic acids is 1. The number of ether oxygens (including phenoxy) is 1. The Bertz CT molecular complexity index is 458. The summed E-state index contributed by atoms with van der Waals surface area (Å²) in [5.74, 6) is -0.0151. The zero-order chi connectivity index (χ0) is 14.0. The summed E-state index contributed by atoms with van der Waals surface area (Å²) in [5, 5.41) is 9.17. The molecule has 4 nitrogen and oxygen atoms in total. The van der Waals surface area contributed by atoms with Crippen molar-refractivity contribution >= 4 is 21.8 Å². The normalized spacial score (nSPS) is 23.5. The molecule has 1 fully saturated rings. The first-order chi connectivity index (χ1) is 9.01. The molecule has 0 radical (unpaired) electrons. The van der Waals surface area contributed by atoms with Gasteiger partial charge in [-0.05, 0) is 37.6 Å². The van der Waals surface area contributed by atoms with Gasteiger partial charge in [0.1, 0.15) is 0 Å². The maximum absolute atomic E-state index is 12.5. The molecular formula is C14H18BrNO3. The number of carbonyl (C=O) groups is 1. The fraction of sp³-hybridized carbons (Fsp3) is 0.500. The largest absolute Gasteiger partial charge is 0.394 e. The molecule has 0 aromatic heterocycles. The number of hydrogen-bond acceptors (Lipinski definition) is 3. The first kappa shape index (κ1) is 14.5. The summed E-state index contributed by atoms with van der Waals surface area (Å²) >= 11 is 3.41. The summed E-state index contributed by atoms with van der Waals surface area (Å²) in [7, 11) is 0. The minimum absolute atomic E-state index is 0.0151. The van der Waals surface area contributed by atoms with Gasteiger partial charge < -0.3 is 14.7 Å². The molecule has 1 aliphatic rings. The molecule has 1 saturated heterocycles.